The Morgan fingerprint density at radius 2 is 2.13 bits per heavy atom. The monoisotopic (exact) mass is 368 g/mol. The molecular weight excluding hydrogens is 348 g/mol. The van der Waals surface area contributed by atoms with Crippen LogP contribution in [0, 0.1) is 6.92 Å². The summed E-state index contributed by atoms with van der Waals surface area (Å²) in [7, 11) is 0. The summed E-state index contributed by atoms with van der Waals surface area (Å²) < 4.78 is 1.72. The van der Waals surface area contributed by atoms with Crippen molar-refractivity contribution in [3.8, 4) is 0 Å². The second kappa shape index (κ2) is 7.15. The molecule has 0 radical (unpaired) electrons. The second-order valence-corrected chi connectivity index (χ2v) is 9.11. The Hall–Kier alpha value is -1.18. The van der Waals surface area contributed by atoms with Gasteiger partial charge in [-0.3, -0.25) is 4.79 Å². The maximum absolute atomic E-state index is 10.5. The fourth-order valence-corrected chi connectivity index (χ4v) is 3.96. The van der Waals surface area contributed by atoms with Crippen molar-refractivity contribution in [3.05, 3.63) is 22.7 Å². The summed E-state index contributed by atoms with van der Waals surface area (Å²) >= 11 is 8.33. The molecule has 0 aliphatic rings. The number of nitrogens with zero attached hydrogens (tertiary/aromatic N) is 1. The lowest BCUT2D eigenvalue weighted by molar-refractivity contribution is -0.136. The second-order valence-electron chi connectivity index (χ2n) is 6.31. The summed E-state index contributed by atoms with van der Waals surface area (Å²) in [5.41, 5.74) is 3.07. The van der Waals surface area contributed by atoms with Gasteiger partial charge in [0.05, 0.1) is 21.6 Å². The van der Waals surface area contributed by atoms with Crippen molar-refractivity contribution < 1.29 is 9.90 Å². The molecular formula is C16H20N2O2S3. The average molecular weight is 369 g/mol. The Kier molecular flexibility index (Phi) is 5.65. The van der Waals surface area contributed by atoms with E-state index in [4.69, 9.17) is 22.3 Å². The zero-order valence-electron chi connectivity index (χ0n) is 13.6. The van der Waals surface area contributed by atoms with Crippen molar-refractivity contribution >= 4 is 61.5 Å². The van der Waals surface area contributed by atoms with Crippen LogP contribution in [0.5, 0.6) is 0 Å². The maximum Gasteiger partial charge on any atom is 0.304 e. The Morgan fingerprint density at radius 1 is 1.43 bits per heavy atom. The van der Waals surface area contributed by atoms with Crippen LogP contribution in [0.2, 0.25) is 0 Å². The highest BCUT2D eigenvalue weighted by Gasteiger charge is 2.19. The molecule has 0 fully saturated rings. The van der Waals surface area contributed by atoms with Crippen LogP contribution in [-0.2, 0) is 10.2 Å². The number of thiazole rings is 1. The fraction of sp³-hybridized carbons (Fsp3) is 0.438. The summed E-state index contributed by atoms with van der Waals surface area (Å²) in [5.74, 6) is -0.339. The van der Waals surface area contributed by atoms with E-state index in [0.29, 0.717) is 10.1 Å². The molecule has 124 valence electrons. The number of anilines is 1. The molecule has 0 spiro atoms. The van der Waals surface area contributed by atoms with E-state index in [1.54, 1.807) is 11.3 Å². The molecule has 1 aromatic carbocycles. The molecule has 7 heteroatoms. The number of nitrogens with one attached hydrogen (secondary N) is 1. The lowest BCUT2D eigenvalue weighted by atomic mass is 9.98. The number of rotatable bonds is 4. The Labute approximate surface area is 149 Å². The number of thioether (sulfide) groups is 1. The number of hydrogen-bond acceptors (Lipinski definition) is 5. The van der Waals surface area contributed by atoms with E-state index in [2.05, 4.69) is 38.2 Å². The van der Waals surface area contributed by atoms with Crippen LogP contribution in [-0.4, -0.2) is 26.1 Å². The first-order valence-electron chi connectivity index (χ1n) is 7.24. The number of aryl methyl sites for hydroxylation is 1. The molecule has 1 aromatic heterocycles. The van der Waals surface area contributed by atoms with Crippen molar-refractivity contribution in [3.63, 3.8) is 0 Å². The first-order valence-corrected chi connectivity index (χ1v) is 9.45. The van der Waals surface area contributed by atoms with Gasteiger partial charge in [0, 0.05) is 16.9 Å². The summed E-state index contributed by atoms with van der Waals surface area (Å²) in [5, 5.41) is 13.0. The number of carbonyl (C=O) groups is 1. The molecule has 0 aliphatic heterocycles. The van der Waals surface area contributed by atoms with Gasteiger partial charge in [-0.2, -0.15) is 0 Å². The number of hydrogen-bond donors (Lipinski definition) is 2. The average Bonchev–Trinajstić information content (AvgIpc) is 2.81. The van der Waals surface area contributed by atoms with Gasteiger partial charge in [-0.15, -0.1) is 11.3 Å². The van der Waals surface area contributed by atoms with E-state index in [1.165, 1.54) is 11.8 Å². The van der Waals surface area contributed by atoms with Gasteiger partial charge in [0.2, 0.25) is 0 Å². The predicted octanol–water partition coefficient (Wildman–Crippen LogP) is 4.81. The molecule has 0 aliphatic carbocycles. The molecule has 1 heterocycles. The van der Waals surface area contributed by atoms with Gasteiger partial charge in [-0.05, 0) is 24.6 Å². The van der Waals surface area contributed by atoms with Crippen LogP contribution in [0.25, 0.3) is 10.2 Å². The van der Waals surface area contributed by atoms with Crippen LogP contribution in [0.3, 0.4) is 0 Å². The number of aliphatic carboxylic acids is 1. The van der Waals surface area contributed by atoms with Crippen molar-refractivity contribution in [2.24, 2.45) is 0 Å². The number of carboxylic acid groups (broad SMARTS) is 1. The fourth-order valence-electron chi connectivity index (χ4n) is 1.91. The SMILES string of the molecule is Cc1cc2nc(C(C)(C)C)sc2cc1NC(=S)SCCC(=O)O. The van der Waals surface area contributed by atoms with E-state index < -0.39 is 5.97 Å². The minimum Gasteiger partial charge on any atom is -0.481 e. The maximum atomic E-state index is 10.5. The van der Waals surface area contributed by atoms with Gasteiger partial charge in [-0.25, -0.2) is 4.98 Å². The minimum absolute atomic E-state index is 0.0349. The highest BCUT2D eigenvalue weighted by atomic mass is 32.2. The molecule has 0 atom stereocenters. The third-order valence-corrected chi connectivity index (χ3v) is 5.83. The van der Waals surface area contributed by atoms with Crippen molar-refractivity contribution in [1.82, 2.24) is 4.98 Å². The highest BCUT2D eigenvalue weighted by molar-refractivity contribution is 8.23. The minimum atomic E-state index is -0.808. The summed E-state index contributed by atoms with van der Waals surface area (Å²) in [6.45, 7) is 8.49. The van der Waals surface area contributed by atoms with E-state index in [0.717, 1.165) is 26.5 Å². The van der Waals surface area contributed by atoms with Crippen molar-refractivity contribution in [1.29, 1.82) is 0 Å². The smallest absolute Gasteiger partial charge is 0.304 e. The number of fused-ring (bicyclic) bond motifs is 1. The third kappa shape index (κ3) is 4.89. The normalized spacial score (nSPS) is 11.7. The third-order valence-electron chi connectivity index (χ3n) is 3.16. The summed E-state index contributed by atoms with van der Waals surface area (Å²) in [6.07, 6.45) is 0.105. The van der Waals surface area contributed by atoms with Crippen molar-refractivity contribution in [2.45, 2.75) is 39.5 Å². The quantitative estimate of drug-likeness (QED) is 0.755. The Balaban J connectivity index is 2.16. The first-order chi connectivity index (χ1) is 10.7. The molecule has 0 bridgehead atoms. The highest BCUT2D eigenvalue weighted by Crippen LogP contribution is 2.34. The summed E-state index contributed by atoms with van der Waals surface area (Å²) in [4.78, 5) is 15.3. The molecule has 2 N–H and O–H groups in total. The largest absolute Gasteiger partial charge is 0.481 e. The topological polar surface area (TPSA) is 62.2 Å². The van der Waals surface area contributed by atoms with Gasteiger partial charge in [-0.1, -0.05) is 44.8 Å². The predicted molar refractivity (Wildman–Crippen MR) is 104 cm³/mol. The van der Waals surface area contributed by atoms with E-state index >= 15 is 0 Å². The number of carboxylic acids is 1. The zero-order valence-corrected chi connectivity index (χ0v) is 16.0. The van der Waals surface area contributed by atoms with Crippen LogP contribution in [0.1, 0.15) is 37.8 Å². The molecule has 0 amide bonds. The standard InChI is InChI=1S/C16H20N2O2S3/c1-9-7-11-12(23-14(17-11)16(2,3)4)8-10(9)18-15(21)22-6-5-13(19)20/h7-8H,5-6H2,1-4H3,(H,18,21)(H,19,20). The Bertz CT molecular complexity index is 748. The number of aromatic nitrogens is 1. The molecule has 0 saturated heterocycles. The zero-order chi connectivity index (χ0) is 17.2. The molecule has 0 saturated carbocycles. The van der Waals surface area contributed by atoms with Crippen LogP contribution in [0.4, 0.5) is 5.69 Å². The van der Waals surface area contributed by atoms with Crippen molar-refractivity contribution in [2.75, 3.05) is 11.1 Å². The van der Waals surface area contributed by atoms with Crippen LogP contribution in [0.15, 0.2) is 12.1 Å². The van der Waals surface area contributed by atoms with Gasteiger partial charge in [0.1, 0.15) is 4.32 Å². The lowest BCUT2D eigenvalue weighted by Gasteiger charge is -2.13. The van der Waals surface area contributed by atoms with Crippen LogP contribution >= 0.6 is 35.3 Å². The van der Waals surface area contributed by atoms with Crippen LogP contribution < -0.4 is 5.32 Å². The van der Waals surface area contributed by atoms with E-state index in [1.807, 2.05) is 6.92 Å². The van der Waals surface area contributed by atoms with Gasteiger partial charge >= 0.3 is 5.97 Å². The van der Waals surface area contributed by atoms with E-state index in [-0.39, 0.29) is 11.8 Å². The molecule has 2 rings (SSSR count). The number of thiocarbonyl (C=S) groups is 1. The number of benzene rings is 1. The van der Waals surface area contributed by atoms with Gasteiger partial charge in [0.25, 0.3) is 0 Å². The molecule has 0 unspecified atom stereocenters. The molecule has 23 heavy (non-hydrogen) atoms. The van der Waals surface area contributed by atoms with Gasteiger partial charge < -0.3 is 10.4 Å². The van der Waals surface area contributed by atoms with E-state index in [9.17, 15) is 4.79 Å². The summed E-state index contributed by atoms with van der Waals surface area (Å²) in [6, 6.07) is 4.13. The van der Waals surface area contributed by atoms with Gasteiger partial charge in [0.15, 0.2) is 0 Å². The molecule has 2 aromatic rings. The lowest BCUT2D eigenvalue weighted by Crippen LogP contribution is -2.09. The first kappa shape index (κ1) is 18.2. The molecule has 4 nitrogen and oxygen atoms in total. The Morgan fingerprint density at radius 3 is 2.74 bits per heavy atom.